The highest BCUT2D eigenvalue weighted by molar-refractivity contribution is 5.94. The molecule has 4 rings (SSSR count). The number of hydrogen-bond acceptors (Lipinski definition) is 6. The summed E-state index contributed by atoms with van der Waals surface area (Å²) in [6.07, 6.45) is 3.12. The van der Waals surface area contributed by atoms with Crippen molar-refractivity contribution in [2.24, 2.45) is 0 Å². The van der Waals surface area contributed by atoms with Gasteiger partial charge < -0.3 is 10.1 Å². The van der Waals surface area contributed by atoms with Gasteiger partial charge in [0.2, 0.25) is 0 Å². The zero-order valence-electron chi connectivity index (χ0n) is 17.8. The highest BCUT2D eigenvalue weighted by Crippen LogP contribution is 2.19. The molecule has 1 aromatic heterocycles. The number of nitrogens with zero attached hydrogens (tertiary/aromatic N) is 4. The number of amides is 1. The lowest BCUT2D eigenvalue weighted by atomic mass is 10.0. The molecule has 1 N–H and O–H groups in total. The summed E-state index contributed by atoms with van der Waals surface area (Å²) < 4.78 is 6.97. The van der Waals surface area contributed by atoms with Gasteiger partial charge in [-0.1, -0.05) is 29.8 Å². The standard InChI is InChI=1S/C23H25N5O4/c1-17-2-4-18(5-3-17)22(16-26-10-12-32-13-11-26)25-23(29)19-14-24-27(15-19)20-6-8-21(9-7-20)28(30)31/h2-9,14-15,22H,10-13,16H2,1H3,(H,25,29)/t22-/m0/s1. The van der Waals surface area contributed by atoms with Crippen molar-refractivity contribution >= 4 is 11.6 Å². The first-order valence-electron chi connectivity index (χ1n) is 10.5. The Labute approximate surface area is 185 Å². The first kappa shape index (κ1) is 21.7. The number of hydrogen-bond donors (Lipinski definition) is 1. The van der Waals surface area contributed by atoms with E-state index in [-0.39, 0.29) is 17.6 Å². The third-order valence-electron chi connectivity index (χ3n) is 5.50. The SMILES string of the molecule is Cc1ccc([C@H](CN2CCOCC2)NC(=O)c2cnn(-c3ccc([N+](=O)[O-])cc3)c2)cc1. The van der Waals surface area contributed by atoms with Gasteiger partial charge in [-0.2, -0.15) is 5.10 Å². The van der Waals surface area contributed by atoms with Crippen LogP contribution >= 0.6 is 0 Å². The fourth-order valence-electron chi connectivity index (χ4n) is 3.63. The van der Waals surface area contributed by atoms with E-state index in [4.69, 9.17) is 4.74 Å². The lowest BCUT2D eigenvalue weighted by Crippen LogP contribution is -2.43. The summed E-state index contributed by atoms with van der Waals surface area (Å²) >= 11 is 0. The average molecular weight is 435 g/mol. The molecule has 166 valence electrons. The van der Waals surface area contributed by atoms with Gasteiger partial charge in [0.15, 0.2) is 0 Å². The Morgan fingerprint density at radius 1 is 1.16 bits per heavy atom. The molecule has 9 nitrogen and oxygen atoms in total. The van der Waals surface area contributed by atoms with Crippen LogP contribution in [0.3, 0.4) is 0 Å². The van der Waals surface area contributed by atoms with Crippen molar-refractivity contribution < 1.29 is 14.5 Å². The monoisotopic (exact) mass is 435 g/mol. The summed E-state index contributed by atoms with van der Waals surface area (Å²) in [5.41, 5.74) is 3.26. The number of aromatic nitrogens is 2. The molecule has 2 aromatic carbocycles. The van der Waals surface area contributed by atoms with E-state index in [9.17, 15) is 14.9 Å². The van der Waals surface area contributed by atoms with Gasteiger partial charge in [-0.3, -0.25) is 19.8 Å². The van der Waals surface area contributed by atoms with Gasteiger partial charge >= 0.3 is 0 Å². The third-order valence-corrected chi connectivity index (χ3v) is 5.50. The van der Waals surface area contributed by atoms with Gasteiger partial charge in [-0.15, -0.1) is 0 Å². The van der Waals surface area contributed by atoms with Crippen molar-refractivity contribution in [3.05, 3.63) is 87.7 Å². The molecule has 1 aliphatic rings. The number of aryl methyl sites for hydroxylation is 1. The van der Waals surface area contributed by atoms with E-state index in [1.807, 2.05) is 31.2 Å². The molecule has 2 heterocycles. The van der Waals surface area contributed by atoms with E-state index in [1.54, 1.807) is 18.3 Å². The maximum absolute atomic E-state index is 13.0. The number of nitro benzene ring substituents is 1. The highest BCUT2D eigenvalue weighted by Gasteiger charge is 2.21. The van der Waals surface area contributed by atoms with Crippen molar-refractivity contribution in [2.45, 2.75) is 13.0 Å². The van der Waals surface area contributed by atoms with Crippen LogP contribution in [-0.2, 0) is 4.74 Å². The molecule has 1 saturated heterocycles. The first-order chi connectivity index (χ1) is 15.5. The van der Waals surface area contributed by atoms with E-state index in [0.717, 1.165) is 24.2 Å². The van der Waals surface area contributed by atoms with Crippen molar-refractivity contribution in [1.82, 2.24) is 20.0 Å². The van der Waals surface area contributed by atoms with Crippen LogP contribution in [0.25, 0.3) is 5.69 Å². The number of benzene rings is 2. The van der Waals surface area contributed by atoms with Gasteiger partial charge in [0.1, 0.15) is 0 Å². The summed E-state index contributed by atoms with van der Waals surface area (Å²) in [7, 11) is 0. The minimum Gasteiger partial charge on any atom is -0.379 e. The minimum absolute atomic E-state index is 0.00271. The Hall–Kier alpha value is -3.56. The first-order valence-corrected chi connectivity index (χ1v) is 10.5. The lowest BCUT2D eigenvalue weighted by molar-refractivity contribution is -0.384. The van der Waals surface area contributed by atoms with E-state index in [1.165, 1.54) is 23.0 Å². The maximum atomic E-state index is 13.0. The van der Waals surface area contributed by atoms with Crippen molar-refractivity contribution in [2.75, 3.05) is 32.8 Å². The van der Waals surface area contributed by atoms with Gasteiger partial charge in [-0.25, -0.2) is 4.68 Å². The van der Waals surface area contributed by atoms with Crippen LogP contribution < -0.4 is 5.32 Å². The molecule has 0 saturated carbocycles. The Bertz CT molecular complexity index is 1070. The summed E-state index contributed by atoms with van der Waals surface area (Å²) in [5.74, 6) is -0.225. The summed E-state index contributed by atoms with van der Waals surface area (Å²) in [5, 5.41) is 18.2. The van der Waals surface area contributed by atoms with E-state index in [0.29, 0.717) is 31.0 Å². The number of carbonyl (C=O) groups is 1. The Kier molecular flexibility index (Phi) is 6.58. The molecule has 1 aliphatic heterocycles. The maximum Gasteiger partial charge on any atom is 0.269 e. The Morgan fingerprint density at radius 2 is 1.84 bits per heavy atom. The quantitative estimate of drug-likeness (QED) is 0.452. The second kappa shape index (κ2) is 9.71. The van der Waals surface area contributed by atoms with Crippen LogP contribution in [0.5, 0.6) is 0 Å². The zero-order chi connectivity index (χ0) is 22.5. The second-order valence-corrected chi connectivity index (χ2v) is 7.80. The van der Waals surface area contributed by atoms with Gasteiger partial charge in [0.05, 0.1) is 41.6 Å². The summed E-state index contributed by atoms with van der Waals surface area (Å²) in [6.45, 7) is 5.76. The number of non-ortho nitro benzene ring substituents is 1. The number of rotatable bonds is 7. The van der Waals surface area contributed by atoms with Crippen LogP contribution in [0.15, 0.2) is 60.9 Å². The second-order valence-electron chi connectivity index (χ2n) is 7.80. The van der Waals surface area contributed by atoms with Crippen LogP contribution in [0, 0.1) is 17.0 Å². The number of carbonyl (C=O) groups excluding carboxylic acids is 1. The fourth-order valence-corrected chi connectivity index (χ4v) is 3.63. The van der Waals surface area contributed by atoms with E-state index < -0.39 is 4.92 Å². The van der Waals surface area contributed by atoms with Gasteiger partial charge in [0, 0.05) is 38.0 Å². The molecule has 0 aliphatic carbocycles. The molecule has 1 fully saturated rings. The topological polar surface area (TPSA) is 103 Å². The smallest absolute Gasteiger partial charge is 0.269 e. The van der Waals surface area contributed by atoms with E-state index >= 15 is 0 Å². The zero-order valence-corrected chi connectivity index (χ0v) is 17.8. The number of nitrogens with one attached hydrogen (secondary N) is 1. The molecule has 3 aromatic rings. The largest absolute Gasteiger partial charge is 0.379 e. The predicted molar refractivity (Wildman–Crippen MR) is 119 cm³/mol. The minimum atomic E-state index is -0.453. The predicted octanol–water partition coefficient (Wildman–Crippen LogP) is 2.89. The lowest BCUT2D eigenvalue weighted by Gasteiger charge is -2.31. The van der Waals surface area contributed by atoms with Crippen molar-refractivity contribution in [3.8, 4) is 5.69 Å². The third kappa shape index (κ3) is 5.19. The van der Waals surface area contributed by atoms with Gasteiger partial charge in [0.25, 0.3) is 11.6 Å². The van der Waals surface area contributed by atoms with Crippen LogP contribution in [0.2, 0.25) is 0 Å². The average Bonchev–Trinajstić information content (AvgIpc) is 3.30. The molecular formula is C23H25N5O4. The number of ether oxygens (including phenoxy) is 1. The molecule has 9 heteroatoms. The number of morpholine rings is 1. The summed E-state index contributed by atoms with van der Waals surface area (Å²) in [4.78, 5) is 25.7. The van der Waals surface area contributed by atoms with Crippen molar-refractivity contribution in [1.29, 1.82) is 0 Å². The highest BCUT2D eigenvalue weighted by atomic mass is 16.6. The Balaban J connectivity index is 1.50. The van der Waals surface area contributed by atoms with Crippen LogP contribution in [0.1, 0.15) is 27.5 Å². The van der Waals surface area contributed by atoms with Crippen LogP contribution in [-0.4, -0.2) is 58.4 Å². The molecule has 1 amide bonds. The van der Waals surface area contributed by atoms with Crippen LogP contribution in [0.4, 0.5) is 5.69 Å². The molecule has 32 heavy (non-hydrogen) atoms. The molecule has 1 atom stereocenters. The normalized spacial score (nSPS) is 15.3. The Morgan fingerprint density at radius 3 is 2.50 bits per heavy atom. The van der Waals surface area contributed by atoms with Crippen molar-refractivity contribution in [3.63, 3.8) is 0 Å². The number of nitro groups is 1. The fraction of sp³-hybridized carbons (Fsp3) is 0.304. The molecule has 0 radical (unpaired) electrons. The molecule has 0 spiro atoms. The summed E-state index contributed by atoms with van der Waals surface area (Å²) in [6, 6.07) is 14.0. The molecule has 0 unspecified atom stereocenters. The molecular weight excluding hydrogens is 410 g/mol. The van der Waals surface area contributed by atoms with E-state index in [2.05, 4.69) is 15.3 Å². The molecule has 0 bridgehead atoms. The van der Waals surface area contributed by atoms with Gasteiger partial charge in [-0.05, 0) is 24.6 Å².